The van der Waals surface area contributed by atoms with Crippen LogP contribution in [0, 0.1) is 10.8 Å². The van der Waals surface area contributed by atoms with Crippen molar-refractivity contribution < 1.29 is 4.79 Å². The molecule has 1 amide bonds. The largest absolute Gasteiger partial charge is 0.347 e. The van der Waals surface area contributed by atoms with E-state index >= 15 is 0 Å². The van der Waals surface area contributed by atoms with Gasteiger partial charge in [-0.15, -0.1) is 0 Å². The summed E-state index contributed by atoms with van der Waals surface area (Å²) in [6.07, 6.45) is 6.38. The van der Waals surface area contributed by atoms with Crippen LogP contribution in [0.2, 0.25) is 0 Å². The first-order valence-electron chi connectivity index (χ1n) is 7.59. The fraction of sp³-hybridized carbons (Fsp3) is 0.688. The van der Waals surface area contributed by atoms with Gasteiger partial charge in [0.15, 0.2) is 0 Å². The van der Waals surface area contributed by atoms with Gasteiger partial charge in [-0.1, -0.05) is 20.8 Å². The van der Waals surface area contributed by atoms with E-state index in [0.29, 0.717) is 6.04 Å². The number of hydrogen-bond donors (Lipinski definition) is 0. The maximum atomic E-state index is 12.6. The Bertz CT molecular complexity index is 622. The lowest BCUT2D eigenvalue weighted by Gasteiger charge is -2.39. The topological polar surface area (TPSA) is 55.2 Å². The number of amides is 1. The van der Waals surface area contributed by atoms with Crippen molar-refractivity contribution in [3.05, 3.63) is 28.9 Å². The molecule has 3 rings (SSSR count). The van der Waals surface area contributed by atoms with Gasteiger partial charge in [0.25, 0.3) is 0 Å². The van der Waals surface area contributed by atoms with Crippen LogP contribution in [0.4, 0.5) is 0 Å². The first-order valence-corrected chi connectivity index (χ1v) is 7.59. The zero-order valence-electron chi connectivity index (χ0n) is 13.0. The molecule has 0 spiro atoms. The first kappa shape index (κ1) is 14.3. The van der Waals surface area contributed by atoms with Crippen molar-refractivity contribution in [3.8, 4) is 0 Å². The van der Waals surface area contributed by atoms with Crippen LogP contribution < -0.4 is 5.69 Å². The minimum absolute atomic E-state index is 0.0384. The van der Waals surface area contributed by atoms with Gasteiger partial charge in [-0.3, -0.25) is 9.36 Å². The molecule has 1 aromatic rings. The minimum atomic E-state index is -0.362. The van der Waals surface area contributed by atoms with Gasteiger partial charge in [0.05, 0.1) is 0 Å². The SMILES string of the molecule is CC1(C)C[C@@H]2C[C@@](C)(CN2C(=O)Cn2cccnc2=O)C1. The van der Waals surface area contributed by atoms with Crippen molar-refractivity contribution in [2.75, 3.05) is 6.54 Å². The highest BCUT2D eigenvalue weighted by Crippen LogP contribution is 2.52. The summed E-state index contributed by atoms with van der Waals surface area (Å²) in [6.45, 7) is 7.77. The smallest absolute Gasteiger partial charge is 0.338 e. The lowest BCUT2D eigenvalue weighted by molar-refractivity contribution is -0.133. The molecule has 1 aliphatic heterocycles. The standard InChI is InChI=1S/C16H23N3O2/c1-15(2)7-12-8-16(3,10-15)11-19(12)13(20)9-18-6-4-5-17-14(18)21/h4-6,12H,7-11H2,1-3H3/t12-,16-/m1/s1. The van der Waals surface area contributed by atoms with Crippen molar-refractivity contribution >= 4 is 5.91 Å². The normalized spacial score (nSPS) is 30.4. The summed E-state index contributed by atoms with van der Waals surface area (Å²) in [4.78, 5) is 29.9. The fourth-order valence-corrected chi connectivity index (χ4v) is 4.50. The Morgan fingerprint density at radius 2 is 2.14 bits per heavy atom. The predicted octanol–water partition coefficient (Wildman–Crippen LogP) is 1.67. The summed E-state index contributed by atoms with van der Waals surface area (Å²) in [7, 11) is 0. The molecule has 1 aliphatic carbocycles. The van der Waals surface area contributed by atoms with Crippen LogP contribution in [-0.2, 0) is 11.3 Å². The molecule has 0 unspecified atom stereocenters. The van der Waals surface area contributed by atoms with E-state index in [1.807, 2.05) is 4.90 Å². The highest BCUT2D eigenvalue weighted by atomic mass is 16.2. The number of fused-ring (bicyclic) bond motifs is 2. The van der Waals surface area contributed by atoms with E-state index in [0.717, 1.165) is 25.8 Å². The van der Waals surface area contributed by atoms with E-state index < -0.39 is 0 Å². The molecule has 0 N–H and O–H groups in total. The van der Waals surface area contributed by atoms with Crippen LogP contribution in [0.5, 0.6) is 0 Å². The molecule has 2 aliphatic rings. The number of hydrogen-bond acceptors (Lipinski definition) is 3. The van der Waals surface area contributed by atoms with Crippen molar-refractivity contribution in [1.82, 2.24) is 14.5 Å². The second-order valence-electron chi connectivity index (χ2n) is 7.77. The molecule has 1 saturated carbocycles. The number of likely N-dealkylation sites (tertiary alicyclic amines) is 1. The molecule has 0 radical (unpaired) electrons. The van der Waals surface area contributed by atoms with Gasteiger partial charge in [-0.05, 0) is 36.2 Å². The Kier molecular flexibility index (Phi) is 3.19. The molecule has 0 aromatic carbocycles. The summed E-state index contributed by atoms with van der Waals surface area (Å²) >= 11 is 0. The monoisotopic (exact) mass is 289 g/mol. The van der Waals surface area contributed by atoms with Crippen molar-refractivity contribution in [2.24, 2.45) is 10.8 Å². The molecule has 2 atom stereocenters. The highest BCUT2D eigenvalue weighted by molar-refractivity contribution is 5.77. The predicted molar refractivity (Wildman–Crippen MR) is 79.7 cm³/mol. The van der Waals surface area contributed by atoms with Gasteiger partial charge in [-0.2, -0.15) is 0 Å². The van der Waals surface area contributed by atoms with E-state index in [4.69, 9.17) is 0 Å². The summed E-state index contributed by atoms with van der Waals surface area (Å²) in [6, 6.07) is 2.00. The maximum Gasteiger partial charge on any atom is 0.347 e. The van der Waals surface area contributed by atoms with Crippen LogP contribution >= 0.6 is 0 Å². The van der Waals surface area contributed by atoms with Crippen molar-refractivity contribution in [3.63, 3.8) is 0 Å². The van der Waals surface area contributed by atoms with Crippen LogP contribution in [0.25, 0.3) is 0 Å². The Balaban J connectivity index is 1.78. The van der Waals surface area contributed by atoms with Crippen molar-refractivity contribution in [2.45, 2.75) is 52.6 Å². The summed E-state index contributed by atoms with van der Waals surface area (Å²) in [5, 5.41) is 0. The first-order chi connectivity index (χ1) is 9.78. The molecule has 2 bridgehead atoms. The van der Waals surface area contributed by atoms with Crippen LogP contribution in [0.15, 0.2) is 23.3 Å². The lowest BCUT2D eigenvalue weighted by Crippen LogP contribution is -2.40. The van der Waals surface area contributed by atoms with E-state index in [1.54, 1.807) is 12.3 Å². The average molecular weight is 289 g/mol. The zero-order valence-corrected chi connectivity index (χ0v) is 13.0. The second kappa shape index (κ2) is 4.68. The molecule has 2 heterocycles. The van der Waals surface area contributed by atoms with Gasteiger partial charge in [0, 0.05) is 25.0 Å². The van der Waals surface area contributed by atoms with Crippen LogP contribution in [0.3, 0.4) is 0 Å². The third-order valence-corrected chi connectivity index (χ3v) is 4.82. The Labute approximate surface area is 125 Å². The molecule has 1 aromatic heterocycles. The molecule has 114 valence electrons. The number of rotatable bonds is 2. The number of carbonyl (C=O) groups is 1. The number of aromatic nitrogens is 2. The van der Waals surface area contributed by atoms with Gasteiger partial charge in [0.1, 0.15) is 6.54 Å². The Morgan fingerprint density at radius 3 is 2.86 bits per heavy atom. The third kappa shape index (κ3) is 2.74. The molecule has 2 fully saturated rings. The van der Waals surface area contributed by atoms with Crippen LogP contribution in [0.1, 0.15) is 40.0 Å². The fourth-order valence-electron chi connectivity index (χ4n) is 4.50. The molecular formula is C16H23N3O2. The van der Waals surface area contributed by atoms with E-state index in [1.165, 1.54) is 10.8 Å². The highest BCUT2D eigenvalue weighted by Gasteiger charge is 2.50. The average Bonchev–Trinajstić information content (AvgIpc) is 2.61. The third-order valence-electron chi connectivity index (χ3n) is 4.82. The molecular weight excluding hydrogens is 266 g/mol. The van der Waals surface area contributed by atoms with Crippen LogP contribution in [-0.4, -0.2) is 32.9 Å². The molecule has 1 saturated heterocycles. The summed E-state index contributed by atoms with van der Waals surface area (Å²) in [5.74, 6) is 0.0384. The quantitative estimate of drug-likeness (QED) is 0.832. The Morgan fingerprint density at radius 1 is 1.38 bits per heavy atom. The zero-order chi connectivity index (χ0) is 15.3. The lowest BCUT2D eigenvalue weighted by atomic mass is 9.65. The molecule has 21 heavy (non-hydrogen) atoms. The number of nitrogens with zero attached hydrogens (tertiary/aromatic N) is 3. The van der Waals surface area contributed by atoms with Gasteiger partial charge >= 0.3 is 5.69 Å². The van der Waals surface area contributed by atoms with E-state index in [2.05, 4.69) is 25.8 Å². The minimum Gasteiger partial charge on any atom is -0.338 e. The number of carbonyl (C=O) groups excluding carboxylic acids is 1. The van der Waals surface area contributed by atoms with Gasteiger partial charge < -0.3 is 4.90 Å². The van der Waals surface area contributed by atoms with E-state index in [9.17, 15) is 9.59 Å². The second-order valence-corrected chi connectivity index (χ2v) is 7.77. The van der Waals surface area contributed by atoms with Crippen molar-refractivity contribution in [1.29, 1.82) is 0 Å². The Hall–Kier alpha value is -1.65. The summed E-state index contributed by atoms with van der Waals surface area (Å²) in [5.41, 5.74) is 0.152. The van der Waals surface area contributed by atoms with Gasteiger partial charge in [-0.25, -0.2) is 9.78 Å². The molecule has 5 heteroatoms. The van der Waals surface area contributed by atoms with E-state index in [-0.39, 0.29) is 29.0 Å². The molecule has 5 nitrogen and oxygen atoms in total. The maximum absolute atomic E-state index is 12.6. The summed E-state index contributed by atoms with van der Waals surface area (Å²) < 4.78 is 1.39. The van der Waals surface area contributed by atoms with Gasteiger partial charge in [0.2, 0.25) is 5.91 Å².